The van der Waals surface area contributed by atoms with E-state index >= 15 is 0 Å². The number of hydrogen-bond donors (Lipinski definition) is 2. The largest absolute Gasteiger partial charge is 0.486 e. The first kappa shape index (κ1) is 20.9. The molecule has 33 heavy (non-hydrogen) atoms. The number of rotatable bonds is 7. The molecule has 7 heteroatoms. The standard InChI is InChI=1S/C26H24N2O5/c27-25(29)17-3-8-20(9-4-17)33-21-10-5-18(6-11-21)26(30)28-24(16-1-2-16)19-7-12-22-23(15-19)32-14-13-31-22/h3-12,15-16,24H,1-2,13-14H2,(H2,27,29)(H,28,30). The summed E-state index contributed by atoms with van der Waals surface area (Å²) < 4.78 is 17.1. The Bertz CT molecular complexity index is 1170. The topological polar surface area (TPSA) is 99.9 Å². The molecule has 5 rings (SSSR count). The molecular weight excluding hydrogens is 420 g/mol. The van der Waals surface area contributed by atoms with E-state index in [2.05, 4.69) is 5.32 Å². The normalized spacial score (nSPS) is 15.4. The zero-order valence-electron chi connectivity index (χ0n) is 18.0. The lowest BCUT2D eigenvalue weighted by molar-refractivity contribution is 0.0930. The van der Waals surface area contributed by atoms with Gasteiger partial charge in [0.05, 0.1) is 6.04 Å². The van der Waals surface area contributed by atoms with Gasteiger partial charge in [0.15, 0.2) is 11.5 Å². The van der Waals surface area contributed by atoms with Crippen LogP contribution in [0.2, 0.25) is 0 Å². The lowest BCUT2D eigenvalue weighted by atomic mass is 10.0. The second-order valence-electron chi connectivity index (χ2n) is 8.21. The zero-order valence-corrected chi connectivity index (χ0v) is 18.0. The van der Waals surface area contributed by atoms with Crippen molar-refractivity contribution >= 4 is 11.8 Å². The third kappa shape index (κ3) is 4.77. The smallest absolute Gasteiger partial charge is 0.251 e. The molecule has 1 aliphatic heterocycles. The maximum atomic E-state index is 13.0. The van der Waals surface area contributed by atoms with Gasteiger partial charge in [-0.3, -0.25) is 9.59 Å². The van der Waals surface area contributed by atoms with Crippen LogP contribution in [0.25, 0.3) is 0 Å². The number of amides is 2. The Morgan fingerprint density at radius 1 is 0.848 bits per heavy atom. The van der Waals surface area contributed by atoms with Crippen molar-refractivity contribution in [1.82, 2.24) is 5.32 Å². The molecule has 0 aromatic heterocycles. The van der Waals surface area contributed by atoms with Crippen LogP contribution in [0.5, 0.6) is 23.0 Å². The molecule has 0 saturated heterocycles. The van der Waals surface area contributed by atoms with Gasteiger partial charge in [0.2, 0.25) is 5.91 Å². The Morgan fingerprint density at radius 2 is 1.45 bits per heavy atom. The predicted molar refractivity (Wildman–Crippen MR) is 122 cm³/mol. The van der Waals surface area contributed by atoms with Gasteiger partial charge in [-0.1, -0.05) is 6.07 Å². The SMILES string of the molecule is NC(=O)c1ccc(Oc2ccc(C(=O)NC(c3ccc4c(c3)OCCO4)C3CC3)cc2)cc1. The van der Waals surface area contributed by atoms with Gasteiger partial charge >= 0.3 is 0 Å². The van der Waals surface area contributed by atoms with Crippen molar-refractivity contribution < 1.29 is 23.8 Å². The highest BCUT2D eigenvalue weighted by atomic mass is 16.6. The number of hydrogen-bond acceptors (Lipinski definition) is 5. The van der Waals surface area contributed by atoms with Crippen LogP contribution in [0, 0.1) is 5.92 Å². The Hall–Kier alpha value is -4.00. The summed E-state index contributed by atoms with van der Waals surface area (Å²) in [5.74, 6) is 2.42. The number of nitrogens with two attached hydrogens (primary N) is 1. The van der Waals surface area contributed by atoms with E-state index in [0.29, 0.717) is 41.8 Å². The number of carbonyl (C=O) groups excluding carboxylic acids is 2. The molecule has 1 aliphatic carbocycles. The summed E-state index contributed by atoms with van der Waals surface area (Å²) in [5.41, 5.74) is 7.24. The highest BCUT2D eigenvalue weighted by molar-refractivity contribution is 5.94. The third-order valence-corrected chi connectivity index (χ3v) is 5.80. The molecule has 3 aromatic carbocycles. The van der Waals surface area contributed by atoms with E-state index in [4.69, 9.17) is 19.9 Å². The summed E-state index contributed by atoms with van der Waals surface area (Å²) in [4.78, 5) is 24.1. The van der Waals surface area contributed by atoms with Gasteiger partial charge in [-0.2, -0.15) is 0 Å². The molecule has 0 radical (unpaired) electrons. The second kappa shape index (κ2) is 8.86. The lowest BCUT2D eigenvalue weighted by Crippen LogP contribution is -2.30. The molecule has 2 aliphatic rings. The lowest BCUT2D eigenvalue weighted by Gasteiger charge is -2.23. The van der Waals surface area contributed by atoms with Crippen LogP contribution in [0.15, 0.2) is 66.7 Å². The highest BCUT2D eigenvalue weighted by Crippen LogP contribution is 2.43. The Labute approximate surface area is 191 Å². The first-order valence-corrected chi connectivity index (χ1v) is 10.9. The van der Waals surface area contributed by atoms with Gasteiger partial charge in [-0.15, -0.1) is 0 Å². The van der Waals surface area contributed by atoms with Crippen LogP contribution < -0.4 is 25.3 Å². The van der Waals surface area contributed by atoms with Crippen LogP contribution in [-0.4, -0.2) is 25.0 Å². The summed E-state index contributed by atoms with van der Waals surface area (Å²) >= 11 is 0. The van der Waals surface area contributed by atoms with Gasteiger partial charge in [0.1, 0.15) is 24.7 Å². The van der Waals surface area contributed by atoms with Crippen molar-refractivity contribution in [2.75, 3.05) is 13.2 Å². The molecule has 2 amide bonds. The molecule has 0 bridgehead atoms. The summed E-state index contributed by atoms with van der Waals surface area (Å²) in [5, 5.41) is 3.18. The number of fused-ring (bicyclic) bond motifs is 1. The van der Waals surface area contributed by atoms with E-state index in [1.807, 2.05) is 18.2 Å². The minimum absolute atomic E-state index is 0.0759. The van der Waals surface area contributed by atoms with Crippen LogP contribution in [0.1, 0.15) is 45.2 Å². The van der Waals surface area contributed by atoms with E-state index in [1.165, 1.54) is 0 Å². The molecule has 1 unspecified atom stereocenters. The summed E-state index contributed by atoms with van der Waals surface area (Å²) in [7, 11) is 0. The van der Waals surface area contributed by atoms with Crippen molar-refractivity contribution in [1.29, 1.82) is 0 Å². The molecule has 1 saturated carbocycles. The monoisotopic (exact) mass is 444 g/mol. The average Bonchev–Trinajstić information content (AvgIpc) is 3.68. The van der Waals surface area contributed by atoms with Gasteiger partial charge < -0.3 is 25.3 Å². The fraction of sp³-hybridized carbons (Fsp3) is 0.231. The van der Waals surface area contributed by atoms with E-state index in [-0.39, 0.29) is 11.9 Å². The maximum absolute atomic E-state index is 13.0. The number of nitrogens with one attached hydrogen (secondary N) is 1. The fourth-order valence-corrected chi connectivity index (χ4v) is 3.88. The summed E-state index contributed by atoms with van der Waals surface area (Å²) in [6.07, 6.45) is 2.17. The number of carbonyl (C=O) groups is 2. The Balaban J connectivity index is 1.26. The predicted octanol–water partition coefficient (Wildman–Crippen LogP) is 4.23. The van der Waals surface area contributed by atoms with E-state index < -0.39 is 5.91 Å². The van der Waals surface area contributed by atoms with E-state index in [1.54, 1.807) is 48.5 Å². The minimum atomic E-state index is -0.488. The Kier molecular flexibility index (Phi) is 5.60. The van der Waals surface area contributed by atoms with Crippen molar-refractivity contribution in [2.45, 2.75) is 18.9 Å². The summed E-state index contributed by atoms with van der Waals surface area (Å²) in [6.45, 7) is 1.08. The first-order chi connectivity index (χ1) is 16.1. The van der Waals surface area contributed by atoms with Crippen LogP contribution in [0.4, 0.5) is 0 Å². The van der Waals surface area contributed by atoms with Crippen LogP contribution >= 0.6 is 0 Å². The average molecular weight is 444 g/mol. The highest BCUT2D eigenvalue weighted by Gasteiger charge is 2.34. The van der Waals surface area contributed by atoms with Gasteiger partial charge in [0.25, 0.3) is 5.91 Å². The molecule has 7 nitrogen and oxygen atoms in total. The molecule has 1 heterocycles. The van der Waals surface area contributed by atoms with Crippen molar-refractivity contribution in [3.63, 3.8) is 0 Å². The molecule has 0 spiro atoms. The van der Waals surface area contributed by atoms with Crippen molar-refractivity contribution in [2.24, 2.45) is 11.7 Å². The quantitative estimate of drug-likeness (QED) is 0.568. The van der Waals surface area contributed by atoms with Crippen LogP contribution in [-0.2, 0) is 0 Å². The number of benzene rings is 3. The van der Waals surface area contributed by atoms with Crippen molar-refractivity contribution in [3.05, 3.63) is 83.4 Å². The van der Waals surface area contributed by atoms with Crippen molar-refractivity contribution in [3.8, 4) is 23.0 Å². The Morgan fingerprint density at radius 3 is 2.06 bits per heavy atom. The van der Waals surface area contributed by atoms with E-state index in [9.17, 15) is 9.59 Å². The van der Waals surface area contributed by atoms with Gasteiger partial charge in [0, 0.05) is 11.1 Å². The minimum Gasteiger partial charge on any atom is -0.486 e. The van der Waals surface area contributed by atoms with Gasteiger partial charge in [-0.05, 0) is 85.0 Å². The molecule has 3 N–H and O–H groups in total. The third-order valence-electron chi connectivity index (χ3n) is 5.80. The summed E-state index contributed by atoms with van der Waals surface area (Å²) in [6, 6.07) is 19.3. The zero-order chi connectivity index (χ0) is 22.8. The first-order valence-electron chi connectivity index (χ1n) is 10.9. The number of primary amides is 1. The second-order valence-corrected chi connectivity index (χ2v) is 8.21. The van der Waals surface area contributed by atoms with Gasteiger partial charge in [-0.25, -0.2) is 0 Å². The molecule has 168 valence electrons. The maximum Gasteiger partial charge on any atom is 0.251 e. The number of ether oxygens (including phenoxy) is 3. The molecule has 1 fully saturated rings. The van der Waals surface area contributed by atoms with Crippen LogP contribution in [0.3, 0.4) is 0 Å². The molecular formula is C26H24N2O5. The fourth-order valence-electron chi connectivity index (χ4n) is 3.88. The molecule has 1 atom stereocenters. The van der Waals surface area contributed by atoms with E-state index in [0.717, 1.165) is 29.9 Å². The molecule has 3 aromatic rings.